The minimum absolute atomic E-state index is 0.00659. The van der Waals surface area contributed by atoms with Crippen LogP contribution in [0.25, 0.3) is 11.1 Å². The zero-order valence-corrected chi connectivity index (χ0v) is 10.7. The topological polar surface area (TPSA) is 74.6 Å². The van der Waals surface area contributed by atoms with Gasteiger partial charge in [0, 0.05) is 10.6 Å². The second-order valence-electron chi connectivity index (χ2n) is 4.00. The van der Waals surface area contributed by atoms with Gasteiger partial charge in [-0.15, -0.1) is 0 Å². The van der Waals surface area contributed by atoms with E-state index in [9.17, 15) is 14.0 Å². The number of carbonyl (C=O) groups is 2. The highest BCUT2D eigenvalue weighted by atomic mass is 35.5. The molecule has 0 saturated carbocycles. The predicted octanol–water partition coefficient (Wildman–Crippen LogP) is 3.54. The largest absolute Gasteiger partial charge is 0.478 e. The third-order valence-electron chi connectivity index (χ3n) is 2.72. The maximum Gasteiger partial charge on any atom is 0.338 e. The van der Waals surface area contributed by atoms with E-state index in [-0.39, 0.29) is 10.6 Å². The Bertz CT molecular complexity index is 712. The fourth-order valence-corrected chi connectivity index (χ4v) is 1.96. The Hall–Kier alpha value is -2.40. The van der Waals surface area contributed by atoms with E-state index in [1.165, 1.54) is 24.3 Å². The van der Waals surface area contributed by atoms with E-state index in [4.69, 9.17) is 21.8 Å². The van der Waals surface area contributed by atoms with Gasteiger partial charge in [0.15, 0.2) is 0 Å². The van der Waals surface area contributed by atoms with Crippen LogP contribution in [0.15, 0.2) is 36.4 Å². The molecule has 0 aliphatic rings. The summed E-state index contributed by atoms with van der Waals surface area (Å²) in [6.07, 6.45) is 0. The summed E-state index contributed by atoms with van der Waals surface area (Å²) < 4.78 is 13.6. The highest BCUT2D eigenvalue weighted by molar-refractivity contribution is 6.33. The van der Waals surface area contributed by atoms with Crippen LogP contribution in [0.5, 0.6) is 0 Å². The zero-order valence-electron chi connectivity index (χ0n) is 9.93. The molecular weight excluding hydrogens is 287 g/mol. The van der Waals surface area contributed by atoms with Crippen LogP contribution in [-0.4, -0.2) is 22.2 Å². The second-order valence-corrected chi connectivity index (χ2v) is 4.41. The number of rotatable bonds is 3. The lowest BCUT2D eigenvalue weighted by atomic mass is 10.0. The first-order valence-corrected chi connectivity index (χ1v) is 5.84. The molecule has 0 fully saturated rings. The van der Waals surface area contributed by atoms with Crippen LogP contribution < -0.4 is 0 Å². The van der Waals surface area contributed by atoms with Crippen LogP contribution in [0.1, 0.15) is 20.7 Å². The first-order valence-electron chi connectivity index (χ1n) is 5.46. The van der Waals surface area contributed by atoms with Crippen molar-refractivity contribution in [2.45, 2.75) is 0 Å². The molecular formula is C14H8ClFO4. The van der Waals surface area contributed by atoms with Gasteiger partial charge in [-0.2, -0.15) is 0 Å². The fraction of sp³-hybridized carbons (Fsp3) is 0. The van der Waals surface area contributed by atoms with Crippen molar-refractivity contribution in [3.05, 3.63) is 58.4 Å². The first-order chi connectivity index (χ1) is 9.40. The maximum absolute atomic E-state index is 13.6. The molecule has 0 saturated heterocycles. The van der Waals surface area contributed by atoms with E-state index in [2.05, 4.69) is 0 Å². The summed E-state index contributed by atoms with van der Waals surface area (Å²) >= 11 is 5.96. The summed E-state index contributed by atoms with van der Waals surface area (Å²) in [7, 11) is 0. The van der Waals surface area contributed by atoms with Gasteiger partial charge in [-0.25, -0.2) is 14.0 Å². The molecule has 2 aromatic rings. The molecule has 0 bridgehead atoms. The average Bonchev–Trinajstić information content (AvgIpc) is 2.38. The standard InChI is InChI=1S/C14H8ClFO4/c15-11-4-2-8(13(17)18)5-10(11)7-1-3-9(14(19)20)12(16)6-7/h1-6H,(H,17,18)(H,19,20). The van der Waals surface area contributed by atoms with Gasteiger partial charge >= 0.3 is 11.9 Å². The highest BCUT2D eigenvalue weighted by Crippen LogP contribution is 2.30. The monoisotopic (exact) mass is 294 g/mol. The molecule has 6 heteroatoms. The number of carboxylic acid groups (broad SMARTS) is 2. The zero-order chi connectivity index (χ0) is 14.9. The quantitative estimate of drug-likeness (QED) is 0.908. The Morgan fingerprint density at radius 1 is 1.00 bits per heavy atom. The lowest BCUT2D eigenvalue weighted by Gasteiger charge is -2.07. The van der Waals surface area contributed by atoms with Crippen molar-refractivity contribution in [2.75, 3.05) is 0 Å². The lowest BCUT2D eigenvalue weighted by molar-refractivity contribution is 0.0683. The van der Waals surface area contributed by atoms with Crippen LogP contribution >= 0.6 is 11.6 Å². The Morgan fingerprint density at radius 2 is 1.70 bits per heavy atom. The molecule has 20 heavy (non-hydrogen) atoms. The van der Waals surface area contributed by atoms with E-state index >= 15 is 0 Å². The molecule has 0 atom stereocenters. The molecule has 2 rings (SSSR count). The van der Waals surface area contributed by atoms with Crippen LogP contribution in [0.3, 0.4) is 0 Å². The molecule has 0 aliphatic carbocycles. The van der Waals surface area contributed by atoms with Gasteiger partial charge in [0.2, 0.25) is 0 Å². The summed E-state index contributed by atoms with van der Waals surface area (Å²) in [6.45, 7) is 0. The molecule has 0 heterocycles. The van der Waals surface area contributed by atoms with E-state index in [1.54, 1.807) is 0 Å². The third kappa shape index (κ3) is 2.62. The normalized spacial score (nSPS) is 10.3. The summed E-state index contributed by atoms with van der Waals surface area (Å²) in [6, 6.07) is 7.52. The summed E-state index contributed by atoms with van der Waals surface area (Å²) in [5.41, 5.74) is 0.175. The van der Waals surface area contributed by atoms with Crippen molar-refractivity contribution in [3.63, 3.8) is 0 Å². The molecule has 0 unspecified atom stereocenters. The van der Waals surface area contributed by atoms with Crippen LogP contribution in [0.4, 0.5) is 4.39 Å². The van der Waals surface area contributed by atoms with Gasteiger partial charge < -0.3 is 10.2 Å². The summed E-state index contributed by atoms with van der Waals surface area (Å²) in [5, 5.41) is 17.9. The number of halogens is 2. The van der Waals surface area contributed by atoms with Crippen molar-refractivity contribution in [1.29, 1.82) is 0 Å². The van der Waals surface area contributed by atoms with Crippen LogP contribution in [0, 0.1) is 5.82 Å². The van der Waals surface area contributed by atoms with Crippen molar-refractivity contribution < 1.29 is 24.2 Å². The average molecular weight is 295 g/mol. The molecule has 4 nitrogen and oxygen atoms in total. The van der Waals surface area contributed by atoms with Crippen molar-refractivity contribution in [2.24, 2.45) is 0 Å². The van der Waals surface area contributed by atoms with E-state index in [0.717, 1.165) is 12.1 Å². The fourth-order valence-electron chi connectivity index (χ4n) is 1.74. The van der Waals surface area contributed by atoms with Crippen molar-refractivity contribution in [3.8, 4) is 11.1 Å². The first kappa shape index (κ1) is 14.0. The molecule has 102 valence electrons. The van der Waals surface area contributed by atoms with E-state index in [1.807, 2.05) is 0 Å². The van der Waals surface area contributed by atoms with E-state index in [0.29, 0.717) is 11.1 Å². The number of aromatic carboxylic acids is 2. The third-order valence-corrected chi connectivity index (χ3v) is 3.05. The SMILES string of the molecule is O=C(O)c1ccc(Cl)c(-c2ccc(C(=O)O)c(F)c2)c1. The summed E-state index contributed by atoms with van der Waals surface area (Å²) in [4.78, 5) is 21.6. The summed E-state index contributed by atoms with van der Waals surface area (Å²) in [5.74, 6) is -3.42. The molecule has 2 aromatic carbocycles. The molecule has 0 aromatic heterocycles. The minimum Gasteiger partial charge on any atom is -0.478 e. The number of hydrogen-bond acceptors (Lipinski definition) is 2. The van der Waals surface area contributed by atoms with Crippen molar-refractivity contribution in [1.82, 2.24) is 0 Å². The van der Waals surface area contributed by atoms with Crippen LogP contribution in [-0.2, 0) is 0 Å². The molecule has 0 spiro atoms. The second kappa shape index (κ2) is 5.30. The number of carboxylic acids is 2. The number of benzene rings is 2. The Kier molecular flexibility index (Phi) is 3.72. The molecule has 0 aliphatic heterocycles. The van der Waals surface area contributed by atoms with Crippen LogP contribution in [0.2, 0.25) is 5.02 Å². The Labute approximate surface area is 118 Å². The smallest absolute Gasteiger partial charge is 0.338 e. The van der Waals surface area contributed by atoms with Gasteiger partial charge in [0.1, 0.15) is 5.82 Å². The Morgan fingerprint density at radius 3 is 2.25 bits per heavy atom. The maximum atomic E-state index is 13.6. The predicted molar refractivity (Wildman–Crippen MR) is 70.8 cm³/mol. The lowest BCUT2D eigenvalue weighted by Crippen LogP contribution is -2.01. The minimum atomic E-state index is -1.38. The van der Waals surface area contributed by atoms with Gasteiger partial charge in [0.05, 0.1) is 11.1 Å². The van der Waals surface area contributed by atoms with Gasteiger partial charge in [-0.3, -0.25) is 0 Å². The number of hydrogen-bond donors (Lipinski definition) is 2. The van der Waals surface area contributed by atoms with Gasteiger partial charge in [0.25, 0.3) is 0 Å². The molecule has 2 N–H and O–H groups in total. The van der Waals surface area contributed by atoms with Gasteiger partial charge in [-0.05, 0) is 35.9 Å². The molecule has 0 radical (unpaired) electrons. The van der Waals surface area contributed by atoms with Gasteiger partial charge in [-0.1, -0.05) is 17.7 Å². The Balaban J connectivity index is 2.56. The molecule has 0 amide bonds. The van der Waals surface area contributed by atoms with Crippen molar-refractivity contribution >= 4 is 23.5 Å². The van der Waals surface area contributed by atoms with E-state index < -0.39 is 23.3 Å². The highest BCUT2D eigenvalue weighted by Gasteiger charge is 2.14.